The van der Waals surface area contributed by atoms with E-state index in [-0.39, 0.29) is 22.4 Å². The monoisotopic (exact) mass is 679 g/mol. The molecule has 0 atom stereocenters. The van der Waals surface area contributed by atoms with Gasteiger partial charge in [-0.1, -0.05) is 118 Å². The van der Waals surface area contributed by atoms with Crippen molar-refractivity contribution in [2.24, 2.45) is 4.99 Å². The van der Waals surface area contributed by atoms with E-state index in [2.05, 4.69) is 120 Å². The molecule has 0 saturated carbocycles. The molecule has 0 aliphatic heterocycles. The maximum atomic E-state index is 13.3. The zero-order valence-corrected chi connectivity index (χ0v) is 26.4. The summed E-state index contributed by atoms with van der Waals surface area (Å²) in [7, 11) is 0.209. The van der Waals surface area contributed by atoms with Gasteiger partial charge < -0.3 is 4.99 Å². The quantitative estimate of drug-likeness (QED) is 0.0381. The van der Waals surface area contributed by atoms with Crippen LogP contribution in [0.1, 0.15) is 11.1 Å². The zero-order valence-electron chi connectivity index (χ0n) is 22.0. The van der Waals surface area contributed by atoms with E-state index in [4.69, 9.17) is 0 Å². The first-order valence-corrected chi connectivity index (χ1v) is 18.5. The third-order valence-corrected chi connectivity index (χ3v) is 7.60. The Balaban J connectivity index is 0.000000317. The Bertz CT molecular complexity index is 1200. The van der Waals surface area contributed by atoms with E-state index in [0.717, 1.165) is 11.8 Å². The van der Waals surface area contributed by atoms with Crippen LogP contribution in [0.25, 0.3) is 0 Å². The molecule has 0 aliphatic carbocycles. The number of benzene rings is 4. The molecule has 0 heterocycles. The fourth-order valence-corrected chi connectivity index (χ4v) is 4.44. The van der Waals surface area contributed by atoms with Crippen LogP contribution < -0.4 is 10.6 Å². The van der Waals surface area contributed by atoms with Crippen LogP contribution >= 0.6 is 30.1 Å². The first-order valence-electron chi connectivity index (χ1n) is 11.6. The number of nitrogens with zero attached hydrogens (tertiary/aromatic N) is 1. The molecule has 0 unspecified atom stereocenters. The van der Waals surface area contributed by atoms with Crippen LogP contribution in [0.4, 0.5) is 17.6 Å². The standard InChI is InChI=1S/C14H8F4N.2C8H11P.BrH.Ni/c15-11-6-10(12(16)14(18)13(11)17)8-19-7-9-4-2-1-3-5-9;2*1-9(2)8-6-4-3-5-7-8;;/h1-5,8H,7H2;2*3-7H,1-2H3;1H;/q-1;;;;+1/p-1. The van der Waals surface area contributed by atoms with Gasteiger partial charge in [0.2, 0.25) is 0 Å². The van der Waals surface area contributed by atoms with Crippen LogP contribution in [0.2, 0.25) is 0 Å². The Kier molecular flexibility index (Phi) is 18.1. The molecule has 0 radical (unpaired) electrons. The number of rotatable bonds is 5. The molecule has 0 amide bonds. The summed E-state index contributed by atoms with van der Waals surface area (Å²) in [5, 5.41) is 2.96. The number of aliphatic imine (C=N–C) groups is 1. The molecule has 1 nitrogen and oxygen atoms in total. The summed E-state index contributed by atoms with van der Waals surface area (Å²) in [6, 6.07) is 32.0. The van der Waals surface area contributed by atoms with Gasteiger partial charge in [0.15, 0.2) is 0 Å². The van der Waals surface area contributed by atoms with Gasteiger partial charge in [-0.25, -0.2) is 8.78 Å². The maximum absolute atomic E-state index is 13.3. The minimum atomic E-state index is -1.88. The van der Waals surface area contributed by atoms with Crippen LogP contribution in [0.5, 0.6) is 0 Å². The van der Waals surface area contributed by atoms with E-state index < -0.39 is 28.8 Å². The summed E-state index contributed by atoms with van der Waals surface area (Å²) in [4.78, 5) is 3.83. The zero-order chi connectivity index (χ0) is 29.2. The van der Waals surface area contributed by atoms with Crippen LogP contribution in [-0.2, 0) is 20.2 Å². The molecule has 0 aliphatic rings. The molecule has 0 spiro atoms. The van der Waals surface area contributed by atoms with E-state index in [0.29, 0.717) is 0 Å². The van der Waals surface area contributed by atoms with Crippen molar-refractivity contribution in [2.45, 2.75) is 6.54 Å². The summed E-state index contributed by atoms with van der Waals surface area (Å²) in [6.07, 6.45) is 0.925. The first kappa shape index (κ1) is 35.1. The molecule has 0 fully saturated rings. The Morgan fingerprint density at radius 3 is 1.46 bits per heavy atom. The van der Waals surface area contributed by atoms with Crippen molar-refractivity contribution in [3.05, 3.63) is 131 Å². The second kappa shape index (κ2) is 20.1. The van der Waals surface area contributed by atoms with E-state index in [1.165, 1.54) is 10.6 Å². The second-order valence-corrected chi connectivity index (χ2v) is 12.8. The Hall–Kier alpha value is -1.90. The van der Waals surface area contributed by atoms with Crippen LogP contribution in [-0.4, -0.2) is 32.9 Å². The number of halogens is 5. The Morgan fingerprint density at radius 1 is 0.667 bits per heavy atom. The van der Waals surface area contributed by atoms with E-state index >= 15 is 0 Å². The van der Waals surface area contributed by atoms with Gasteiger partial charge in [0.05, 0.1) is 18.2 Å². The predicted octanol–water partition coefficient (Wildman–Crippen LogP) is 8.61. The van der Waals surface area contributed by atoms with Gasteiger partial charge in [0.25, 0.3) is 0 Å². The van der Waals surface area contributed by atoms with Crippen molar-refractivity contribution >= 4 is 46.9 Å². The molecule has 9 heteroatoms. The van der Waals surface area contributed by atoms with Gasteiger partial charge >= 0.3 is 27.9 Å². The molecular formula is C30H30BrF4NNiP2-. The summed E-state index contributed by atoms with van der Waals surface area (Å²) < 4.78 is 51.8. The third kappa shape index (κ3) is 13.3. The average Bonchev–Trinajstić information content (AvgIpc) is 2.98. The third-order valence-electron chi connectivity index (χ3n) is 4.94. The molecule has 0 aromatic heterocycles. The average molecular weight is 681 g/mol. The molecule has 4 rings (SSSR count). The Labute approximate surface area is 246 Å². The van der Waals surface area contributed by atoms with Gasteiger partial charge in [-0.15, -0.1) is 0 Å². The van der Waals surface area contributed by atoms with Gasteiger partial charge in [-0.3, -0.25) is 8.78 Å². The normalized spacial score (nSPS) is 10.3. The van der Waals surface area contributed by atoms with Crippen molar-refractivity contribution < 1.29 is 31.3 Å². The molecule has 0 bridgehead atoms. The van der Waals surface area contributed by atoms with Crippen molar-refractivity contribution in [3.8, 4) is 0 Å². The van der Waals surface area contributed by atoms with Gasteiger partial charge in [-0.05, 0) is 49.0 Å². The summed E-state index contributed by atoms with van der Waals surface area (Å²) in [6.45, 7) is 9.29. The van der Waals surface area contributed by atoms with E-state index in [1.54, 1.807) is 30.3 Å². The molecule has 39 heavy (non-hydrogen) atoms. The van der Waals surface area contributed by atoms with E-state index in [1.807, 2.05) is 6.07 Å². The first-order chi connectivity index (χ1) is 18.7. The topological polar surface area (TPSA) is 12.4 Å². The second-order valence-electron chi connectivity index (χ2n) is 8.21. The summed E-state index contributed by atoms with van der Waals surface area (Å²) in [5.41, 5.74) is 0.301. The predicted molar refractivity (Wildman–Crippen MR) is 161 cm³/mol. The van der Waals surface area contributed by atoms with Crippen molar-refractivity contribution in [1.82, 2.24) is 0 Å². The van der Waals surface area contributed by atoms with Crippen LogP contribution in [0, 0.1) is 29.3 Å². The minimum absolute atomic E-state index is 0.104. The molecule has 0 N–H and O–H groups in total. The van der Waals surface area contributed by atoms with Crippen molar-refractivity contribution in [2.75, 3.05) is 26.7 Å². The van der Waals surface area contributed by atoms with Crippen molar-refractivity contribution in [3.63, 3.8) is 0 Å². The summed E-state index contributed by atoms with van der Waals surface area (Å²) >= 11 is 6.25. The molecule has 0 saturated heterocycles. The molecule has 211 valence electrons. The fourth-order valence-electron chi connectivity index (χ4n) is 2.91. The number of hydrogen-bond donors (Lipinski definition) is 0. The number of hydrogen-bond acceptors (Lipinski definition) is 1. The molecular weight excluding hydrogens is 651 g/mol. The van der Waals surface area contributed by atoms with Gasteiger partial charge in [0, 0.05) is 0 Å². The fraction of sp³-hybridized carbons (Fsp3) is 0.167. The molecule has 4 aromatic rings. The van der Waals surface area contributed by atoms with Gasteiger partial charge in [0.1, 0.15) is 11.6 Å². The van der Waals surface area contributed by atoms with Crippen molar-refractivity contribution in [1.29, 1.82) is 0 Å². The molecule has 4 aromatic carbocycles. The van der Waals surface area contributed by atoms with E-state index in [9.17, 15) is 17.6 Å². The summed E-state index contributed by atoms with van der Waals surface area (Å²) in [5.74, 6) is -6.81. The Morgan fingerprint density at radius 2 is 1.08 bits per heavy atom. The van der Waals surface area contributed by atoms with Crippen LogP contribution in [0.15, 0.2) is 96.0 Å². The SMILES string of the molecule is CP(C)c1ccccc1.CP(C)c1ccccc1.Fc1[c-]c(C=NCc2ccccc2)c(F)c(F)c1F.[Ni][Br]. The van der Waals surface area contributed by atoms with Gasteiger partial charge in [-0.2, -0.15) is 0 Å². The van der Waals surface area contributed by atoms with Crippen LogP contribution in [0.3, 0.4) is 0 Å².